The zero-order valence-corrected chi connectivity index (χ0v) is 8.56. The molecule has 0 atom stereocenters. The lowest BCUT2D eigenvalue weighted by molar-refractivity contribution is -0.174. The molecule has 1 rings (SSSR count). The van der Waals surface area contributed by atoms with E-state index in [0.29, 0.717) is 13.0 Å². The second-order valence-electron chi connectivity index (χ2n) is 2.93. The second kappa shape index (κ2) is 5.40. The standard InChI is InChI=1S/C11H15NO2/c1-3-12(14-2)11(13)9-10-7-5-4-6-8-10/h4-8H,3,9H2,1-2H3. The highest BCUT2D eigenvalue weighted by molar-refractivity contribution is 5.77. The average molecular weight is 193 g/mol. The summed E-state index contributed by atoms with van der Waals surface area (Å²) in [5.41, 5.74) is 1.01. The quantitative estimate of drug-likeness (QED) is 0.680. The highest BCUT2D eigenvalue weighted by atomic mass is 16.7. The molecule has 1 aromatic carbocycles. The van der Waals surface area contributed by atoms with Crippen molar-refractivity contribution in [1.82, 2.24) is 5.06 Å². The van der Waals surface area contributed by atoms with Crippen molar-refractivity contribution in [1.29, 1.82) is 0 Å². The first-order chi connectivity index (χ1) is 6.77. The van der Waals surface area contributed by atoms with E-state index in [-0.39, 0.29) is 5.91 Å². The van der Waals surface area contributed by atoms with Crippen LogP contribution < -0.4 is 0 Å². The van der Waals surface area contributed by atoms with Gasteiger partial charge in [0.1, 0.15) is 0 Å². The first-order valence-electron chi connectivity index (χ1n) is 4.66. The Hall–Kier alpha value is -1.35. The lowest BCUT2D eigenvalue weighted by Gasteiger charge is -2.17. The number of nitrogens with zero attached hydrogens (tertiary/aromatic N) is 1. The van der Waals surface area contributed by atoms with Crippen LogP contribution in [0, 0.1) is 0 Å². The summed E-state index contributed by atoms with van der Waals surface area (Å²) in [4.78, 5) is 16.5. The van der Waals surface area contributed by atoms with Gasteiger partial charge in [-0.25, -0.2) is 5.06 Å². The molecule has 0 fully saturated rings. The van der Waals surface area contributed by atoms with E-state index in [1.165, 1.54) is 12.2 Å². The Morgan fingerprint density at radius 3 is 2.50 bits per heavy atom. The monoisotopic (exact) mass is 193 g/mol. The molecule has 0 heterocycles. The van der Waals surface area contributed by atoms with E-state index in [0.717, 1.165) is 5.56 Å². The molecule has 0 saturated heterocycles. The number of hydroxylamine groups is 2. The van der Waals surface area contributed by atoms with Gasteiger partial charge in [-0.05, 0) is 12.5 Å². The van der Waals surface area contributed by atoms with E-state index in [2.05, 4.69) is 0 Å². The van der Waals surface area contributed by atoms with Gasteiger partial charge in [-0.1, -0.05) is 30.3 Å². The number of carbonyl (C=O) groups is 1. The highest BCUT2D eigenvalue weighted by Gasteiger charge is 2.10. The van der Waals surface area contributed by atoms with Gasteiger partial charge in [-0.15, -0.1) is 0 Å². The summed E-state index contributed by atoms with van der Waals surface area (Å²) in [5.74, 6) is -0.0128. The topological polar surface area (TPSA) is 29.5 Å². The van der Waals surface area contributed by atoms with Gasteiger partial charge in [-0.3, -0.25) is 9.63 Å². The van der Waals surface area contributed by atoms with Crippen LogP contribution in [-0.4, -0.2) is 24.6 Å². The molecule has 0 aliphatic rings. The Morgan fingerprint density at radius 2 is 2.00 bits per heavy atom. The van der Waals surface area contributed by atoms with Gasteiger partial charge in [0, 0.05) is 6.54 Å². The molecule has 1 amide bonds. The van der Waals surface area contributed by atoms with Crippen LogP contribution in [0.2, 0.25) is 0 Å². The Balaban J connectivity index is 2.57. The summed E-state index contributed by atoms with van der Waals surface area (Å²) >= 11 is 0. The summed E-state index contributed by atoms with van der Waals surface area (Å²) in [6.07, 6.45) is 0.391. The summed E-state index contributed by atoms with van der Waals surface area (Å²) in [5, 5.41) is 1.35. The molecule has 76 valence electrons. The molecule has 0 aromatic heterocycles. The van der Waals surface area contributed by atoms with Crippen molar-refractivity contribution >= 4 is 5.91 Å². The fourth-order valence-corrected chi connectivity index (χ4v) is 1.27. The number of likely N-dealkylation sites (N-methyl/N-ethyl adjacent to an activating group) is 1. The zero-order valence-electron chi connectivity index (χ0n) is 8.56. The molecule has 0 N–H and O–H groups in total. The lowest BCUT2D eigenvalue weighted by Crippen LogP contribution is -2.30. The average Bonchev–Trinajstić information content (AvgIpc) is 2.21. The van der Waals surface area contributed by atoms with Gasteiger partial charge in [0.2, 0.25) is 0 Å². The fourth-order valence-electron chi connectivity index (χ4n) is 1.27. The molecule has 1 aromatic rings. The summed E-state index contributed by atoms with van der Waals surface area (Å²) in [7, 11) is 1.51. The minimum atomic E-state index is -0.0128. The Bertz CT molecular complexity index is 281. The molecule has 0 aliphatic carbocycles. The van der Waals surface area contributed by atoms with Crippen molar-refractivity contribution in [2.24, 2.45) is 0 Å². The number of hydrogen-bond acceptors (Lipinski definition) is 2. The van der Waals surface area contributed by atoms with Crippen LogP contribution in [-0.2, 0) is 16.1 Å². The SMILES string of the molecule is CCN(OC)C(=O)Cc1ccccc1. The molecule has 0 saturated carbocycles. The van der Waals surface area contributed by atoms with E-state index >= 15 is 0 Å². The third-order valence-electron chi connectivity index (χ3n) is 1.98. The summed E-state index contributed by atoms with van der Waals surface area (Å²) in [6.45, 7) is 2.45. The van der Waals surface area contributed by atoms with Gasteiger partial charge in [0.05, 0.1) is 13.5 Å². The van der Waals surface area contributed by atoms with Crippen molar-refractivity contribution in [2.75, 3.05) is 13.7 Å². The van der Waals surface area contributed by atoms with Crippen molar-refractivity contribution in [2.45, 2.75) is 13.3 Å². The fraction of sp³-hybridized carbons (Fsp3) is 0.364. The van der Waals surface area contributed by atoms with E-state index in [9.17, 15) is 4.79 Å². The Kier molecular flexibility index (Phi) is 4.13. The zero-order chi connectivity index (χ0) is 10.4. The maximum atomic E-state index is 11.6. The third kappa shape index (κ3) is 2.85. The molecular weight excluding hydrogens is 178 g/mol. The molecule has 14 heavy (non-hydrogen) atoms. The molecule has 0 radical (unpaired) electrons. The molecule has 0 aliphatic heterocycles. The van der Waals surface area contributed by atoms with Gasteiger partial charge in [-0.2, -0.15) is 0 Å². The number of carbonyl (C=O) groups excluding carboxylic acids is 1. The van der Waals surface area contributed by atoms with E-state index in [1.54, 1.807) is 0 Å². The van der Waals surface area contributed by atoms with Crippen LogP contribution in [0.3, 0.4) is 0 Å². The first-order valence-corrected chi connectivity index (χ1v) is 4.66. The van der Waals surface area contributed by atoms with Crippen molar-refractivity contribution in [3.05, 3.63) is 35.9 Å². The van der Waals surface area contributed by atoms with Crippen LogP contribution in [0.4, 0.5) is 0 Å². The smallest absolute Gasteiger partial charge is 0.250 e. The predicted octanol–water partition coefficient (Wildman–Crippen LogP) is 1.64. The van der Waals surface area contributed by atoms with Crippen molar-refractivity contribution < 1.29 is 9.63 Å². The minimum absolute atomic E-state index is 0.0128. The van der Waals surface area contributed by atoms with Gasteiger partial charge in [0.15, 0.2) is 0 Å². The number of hydrogen-bond donors (Lipinski definition) is 0. The normalized spacial score (nSPS) is 9.86. The maximum absolute atomic E-state index is 11.6. The largest absolute Gasteiger partial charge is 0.274 e. The Labute approximate surface area is 84.2 Å². The Morgan fingerprint density at radius 1 is 1.36 bits per heavy atom. The molecule has 0 unspecified atom stereocenters. The van der Waals surface area contributed by atoms with Crippen LogP contribution in [0.5, 0.6) is 0 Å². The number of benzene rings is 1. The van der Waals surface area contributed by atoms with Crippen LogP contribution in [0.25, 0.3) is 0 Å². The van der Waals surface area contributed by atoms with Gasteiger partial charge in [0.25, 0.3) is 5.91 Å². The summed E-state index contributed by atoms with van der Waals surface area (Å²) in [6, 6.07) is 9.64. The second-order valence-corrected chi connectivity index (χ2v) is 2.93. The van der Waals surface area contributed by atoms with E-state index in [1.807, 2.05) is 37.3 Å². The van der Waals surface area contributed by atoms with Crippen molar-refractivity contribution in [3.8, 4) is 0 Å². The van der Waals surface area contributed by atoms with Gasteiger partial charge < -0.3 is 0 Å². The highest BCUT2D eigenvalue weighted by Crippen LogP contribution is 2.02. The molecule has 0 bridgehead atoms. The molecular formula is C11H15NO2. The van der Waals surface area contributed by atoms with Gasteiger partial charge >= 0.3 is 0 Å². The summed E-state index contributed by atoms with van der Waals surface area (Å²) < 4.78 is 0. The third-order valence-corrected chi connectivity index (χ3v) is 1.98. The van der Waals surface area contributed by atoms with E-state index in [4.69, 9.17) is 4.84 Å². The van der Waals surface area contributed by atoms with Crippen LogP contribution in [0.15, 0.2) is 30.3 Å². The number of amides is 1. The minimum Gasteiger partial charge on any atom is -0.274 e. The maximum Gasteiger partial charge on any atom is 0.250 e. The van der Waals surface area contributed by atoms with Crippen LogP contribution in [0.1, 0.15) is 12.5 Å². The predicted molar refractivity (Wildman–Crippen MR) is 54.5 cm³/mol. The number of rotatable bonds is 4. The van der Waals surface area contributed by atoms with Crippen LogP contribution >= 0.6 is 0 Å². The molecule has 3 heteroatoms. The van der Waals surface area contributed by atoms with Crippen molar-refractivity contribution in [3.63, 3.8) is 0 Å². The lowest BCUT2D eigenvalue weighted by atomic mass is 10.1. The molecule has 0 spiro atoms. The van der Waals surface area contributed by atoms with E-state index < -0.39 is 0 Å². The molecule has 3 nitrogen and oxygen atoms in total. The first kappa shape index (κ1) is 10.7.